The van der Waals surface area contributed by atoms with Crippen molar-refractivity contribution in [2.24, 2.45) is 0 Å². The van der Waals surface area contributed by atoms with Crippen LogP contribution >= 0.6 is 0 Å². The van der Waals surface area contributed by atoms with Gasteiger partial charge >= 0.3 is 0 Å². The molecule has 2 unspecified atom stereocenters. The Morgan fingerprint density at radius 3 is 2.04 bits per heavy atom. The number of non-ortho nitro benzene ring substituents is 1. The van der Waals surface area contributed by atoms with Crippen molar-refractivity contribution in [3.05, 3.63) is 34.4 Å². The van der Waals surface area contributed by atoms with Crippen molar-refractivity contribution >= 4 is 5.69 Å². The largest absolute Gasteiger partial charge is 0.489 e. The Balaban J connectivity index is 0.000000577. The van der Waals surface area contributed by atoms with Crippen LogP contribution in [0.4, 0.5) is 5.69 Å². The average Bonchev–Trinajstić information content (AvgIpc) is 3.24. The van der Waals surface area contributed by atoms with Gasteiger partial charge in [-0.1, -0.05) is 28.7 Å². The summed E-state index contributed by atoms with van der Waals surface area (Å²) in [7, 11) is 0. The maximum atomic E-state index is 10.5. The Morgan fingerprint density at radius 1 is 1.07 bits per heavy atom. The number of likely N-dealkylation sites (tertiary alicyclic amines) is 2. The quantitative estimate of drug-likeness (QED) is 0.620. The van der Waals surface area contributed by atoms with Gasteiger partial charge < -0.3 is 14.7 Å². The maximum absolute atomic E-state index is 10.5. The van der Waals surface area contributed by atoms with E-state index in [1.807, 2.05) is 0 Å². The summed E-state index contributed by atoms with van der Waals surface area (Å²) in [6, 6.07) is 6.27. The Bertz CT molecular complexity index is 539. The van der Waals surface area contributed by atoms with E-state index < -0.39 is 4.92 Å². The molecule has 0 spiro atoms. The molecule has 2 fully saturated rings. The molecule has 7 nitrogen and oxygen atoms in total. The minimum absolute atomic E-state index is 0. The minimum atomic E-state index is -0.405. The van der Waals surface area contributed by atoms with Gasteiger partial charge in [0.15, 0.2) is 0 Å². The van der Waals surface area contributed by atoms with E-state index >= 15 is 0 Å². The molecule has 2 saturated heterocycles. The summed E-state index contributed by atoms with van der Waals surface area (Å²) in [4.78, 5) is 14.7. The van der Waals surface area contributed by atoms with Crippen molar-refractivity contribution < 1.29 is 14.8 Å². The van der Waals surface area contributed by atoms with Crippen LogP contribution in [0.15, 0.2) is 24.3 Å². The first-order valence-electron chi connectivity index (χ1n) is 9.05. The Labute approximate surface area is 164 Å². The minimum Gasteiger partial charge on any atom is -0.489 e. The predicted octanol–water partition coefficient (Wildman–Crippen LogP) is 3.41. The van der Waals surface area contributed by atoms with Gasteiger partial charge in [0.1, 0.15) is 11.9 Å². The molecule has 7 heteroatoms. The Morgan fingerprint density at radius 2 is 1.63 bits per heavy atom. The number of aliphatic hydroxyl groups excluding tert-OH is 1. The summed E-state index contributed by atoms with van der Waals surface area (Å²) >= 11 is 0. The van der Waals surface area contributed by atoms with E-state index in [0.717, 1.165) is 52.1 Å². The van der Waals surface area contributed by atoms with Gasteiger partial charge in [-0.25, -0.2) is 0 Å². The molecule has 0 saturated carbocycles. The third-order valence-electron chi connectivity index (χ3n) is 4.72. The van der Waals surface area contributed by atoms with Crippen molar-refractivity contribution in [1.29, 1.82) is 0 Å². The summed E-state index contributed by atoms with van der Waals surface area (Å²) in [5.41, 5.74) is 0.0963. The van der Waals surface area contributed by atoms with Crippen molar-refractivity contribution in [2.45, 2.75) is 53.8 Å². The molecule has 0 amide bonds. The second-order valence-electron chi connectivity index (χ2n) is 6.51. The number of ether oxygens (including phenoxy) is 1. The van der Waals surface area contributed by atoms with Crippen LogP contribution < -0.4 is 4.74 Å². The highest BCUT2D eigenvalue weighted by Crippen LogP contribution is 2.21. The van der Waals surface area contributed by atoms with Gasteiger partial charge in [0.25, 0.3) is 5.69 Å². The smallest absolute Gasteiger partial charge is 0.269 e. The molecule has 1 aromatic carbocycles. The van der Waals surface area contributed by atoms with Crippen LogP contribution in [0.5, 0.6) is 5.75 Å². The second-order valence-corrected chi connectivity index (χ2v) is 6.51. The fourth-order valence-electron chi connectivity index (χ4n) is 3.12. The Kier molecular flexibility index (Phi) is 11.8. The Hall–Kier alpha value is -1.70. The number of hydrogen-bond acceptors (Lipinski definition) is 6. The number of aliphatic hydroxyl groups is 1. The zero-order valence-corrected chi connectivity index (χ0v) is 15.1. The standard InChI is InChI=1S/C12H16N2O3.C6H13NO.2CH4/c1-2-13-8-7-12(9-13)17-11-5-3-10(4-6-11)14(15)16;1-2-7-4-3-6(8)5-7;;/h3-6,12H,2,7-9H2,1H3;6,8H,2-5H2,1H3;2*1H4. The van der Waals surface area contributed by atoms with E-state index in [4.69, 9.17) is 9.84 Å². The van der Waals surface area contributed by atoms with Crippen LogP contribution in [0.25, 0.3) is 0 Å². The molecule has 3 rings (SSSR count). The van der Waals surface area contributed by atoms with Crippen molar-refractivity contribution in [2.75, 3.05) is 39.3 Å². The van der Waals surface area contributed by atoms with E-state index in [1.165, 1.54) is 12.1 Å². The number of benzene rings is 1. The highest BCUT2D eigenvalue weighted by atomic mass is 16.6. The molecule has 0 aliphatic carbocycles. The normalized spacial score (nSPS) is 22.2. The molecular formula is C20H37N3O4. The molecular weight excluding hydrogens is 346 g/mol. The van der Waals surface area contributed by atoms with Gasteiger partial charge in [0.2, 0.25) is 0 Å². The predicted molar refractivity (Wildman–Crippen MR) is 110 cm³/mol. The lowest BCUT2D eigenvalue weighted by molar-refractivity contribution is -0.384. The third kappa shape index (κ3) is 8.24. The monoisotopic (exact) mass is 383 g/mol. The zero-order valence-electron chi connectivity index (χ0n) is 15.1. The summed E-state index contributed by atoms with van der Waals surface area (Å²) in [5, 5.41) is 19.5. The summed E-state index contributed by atoms with van der Waals surface area (Å²) in [6.45, 7) is 10.3. The van der Waals surface area contributed by atoms with E-state index in [1.54, 1.807) is 12.1 Å². The first-order valence-corrected chi connectivity index (χ1v) is 9.05. The summed E-state index contributed by atoms with van der Waals surface area (Å²) in [5.74, 6) is 0.707. The number of nitrogens with zero attached hydrogens (tertiary/aromatic N) is 3. The molecule has 1 aromatic rings. The SMILES string of the molecule is C.C.CCN1CCC(O)C1.CCN1CCC(Oc2ccc([N+](=O)[O-])cc2)C1. The van der Waals surface area contributed by atoms with Crippen LogP contribution in [-0.2, 0) is 0 Å². The molecule has 0 aromatic heterocycles. The second kappa shape index (κ2) is 12.6. The lowest BCUT2D eigenvalue weighted by atomic mass is 10.3. The van der Waals surface area contributed by atoms with Crippen molar-refractivity contribution in [1.82, 2.24) is 9.80 Å². The fraction of sp³-hybridized carbons (Fsp3) is 0.700. The molecule has 1 N–H and O–H groups in total. The summed E-state index contributed by atoms with van der Waals surface area (Å²) < 4.78 is 5.78. The average molecular weight is 384 g/mol. The van der Waals surface area contributed by atoms with E-state index in [-0.39, 0.29) is 32.7 Å². The molecule has 156 valence electrons. The number of rotatable bonds is 5. The molecule has 27 heavy (non-hydrogen) atoms. The van der Waals surface area contributed by atoms with Gasteiger partial charge in [0, 0.05) is 38.3 Å². The van der Waals surface area contributed by atoms with Crippen LogP contribution in [0.3, 0.4) is 0 Å². The lowest BCUT2D eigenvalue weighted by Crippen LogP contribution is -2.24. The van der Waals surface area contributed by atoms with Gasteiger partial charge in [-0.05, 0) is 38.1 Å². The van der Waals surface area contributed by atoms with Crippen molar-refractivity contribution in [3.8, 4) is 5.75 Å². The first kappa shape index (κ1) is 25.3. The zero-order chi connectivity index (χ0) is 18.2. The fourth-order valence-corrected chi connectivity index (χ4v) is 3.12. The van der Waals surface area contributed by atoms with Crippen LogP contribution in [-0.4, -0.2) is 71.3 Å². The number of hydrogen-bond donors (Lipinski definition) is 1. The highest BCUT2D eigenvalue weighted by molar-refractivity contribution is 5.36. The first-order chi connectivity index (χ1) is 12.0. The molecule has 0 radical (unpaired) electrons. The lowest BCUT2D eigenvalue weighted by Gasteiger charge is -2.14. The molecule has 2 aliphatic heterocycles. The van der Waals surface area contributed by atoms with Crippen LogP contribution in [0.1, 0.15) is 41.5 Å². The molecule has 2 atom stereocenters. The van der Waals surface area contributed by atoms with E-state index in [9.17, 15) is 10.1 Å². The number of nitro groups is 1. The topological polar surface area (TPSA) is 79.1 Å². The van der Waals surface area contributed by atoms with Crippen LogP contribution in [0.2, 0.25) is 0 Å². The third-order valence-corrected chi connectivity index (χ3v) is 4.72. The van der Waals surface area contributed by atoms with Crippen molar-refractivity contribution in [3.63, 3.8) is 0 Å². The molecule has 0 bridgehead atoms. The van der Waals surface area contributed by atoms with Gasteiger partial charge in [-0.3, -0.25) is 15.0 Å². The van der Waals surface area contributed by atoms with Gasteiger partial charge in [0.05, 0.1) is 11.0 Å². The number of likely N-dealkylation sites (N-methyl/N-ethyl adjacent to an activating group) is 2. The van der Waals surface area contributed by atoms with Gasteiger partial charge in [-0.2, -0.15) is 0 Å². The molecule has 2 heterocycles. The number of nitro benzene ring substituents is 1. The number of β-amino-alcohol motifs (C(OH)–C–C–N with tert-alkyl or cyclic N) is 1. The maximum Gasteiger partial charge on any atom is 0.269 e. The van der Waals surface area contributed by atoms with Crippen LogP contribution in [0, 0.1) is 10.1 Å². The van der Waals surface area contributed by atoms with E-state index in [0.29, 0.717) is 5.75 Å². The summed E-state index contributed by atoms with van der Waals surface area (Å²) in [6.07, 6.45) is 2.14. The highest BCUT2D eigenvalue weighted by Gasteiger charge is 2.22. The van der Waals surface area contributed by atoms with E-state index in [2.05, 4.69) is 23.6 Å². The molecule has 2 aliphatic rings. The van der Waals surface area contributed by atoms with Gasteiger partial charge in [-0.15, -0.1) is 0 Å².